The molecule has 4 aliphatic heterocycles. The maximum atomic E-state index is 11.7. The molecule has 12 nitrogen and oxygen atoms in total. The Morgan fingerprint density at radius 3 is 2.44 bits per heavy atom. The number of hydrogen-bond donors (Lipinski definition) is 2. The molecular formula is C39H42ClN7O5. The van der Waals surface area contributed by atoms with E-state index in [-0.39, 0.29) is 29.3 Å². The van der Waals surface area contributed by atoms with Crippen molar-refractivity contribution >= 4 is 23.4 Å². The van der Waals surface area contributed by atoms with Crippen molar-refractivity contribution < 1.29 is 23.8 Å². The van der Waals surface area contributed by atoms with E-state index in [2.05, 4.69) is 28.5 Å². The number of hydrogen-bond acceptors (Lipinski definition) is 10. The van der Waals surface area contributed by atoms with E-state index >= 15 is 0 Å². The van der Waals surface area contributed by atoms with Crippen LogP contribution in [0.15, 0.2) is 48.7 Å². The number of benzene rings is 2. The Bertz CT molecular complexity index is 2060. The van der Waals surface area contributed by atoms with E-state index in [1.165, 1.54) is 0 Å². The van der Waals surface area contributed by atoms with Gasteiger partial charge in [-0.15, -0.1) is 0 Å². The molecule has 52 heavy (non-hydrogen) atoms. The third-order valence-electron chi connectivity index (χ3n) is 10.8. The van der Waals surface area contributed by atoms with E-state index in [1.54, 1.807) is 27.3 Å². The zero-order chi connectivity index (χ0) is 36.1. The lowest BCUT2D eigenvalue weighted by atomic mass is 9.73. The van der Waals surface area contributed by atoms with Gasteiger partial charge in [-0.3, -0.25) is 19.5 Å². The monoisotopic (exact) mass is 723 g/mol. The van der Waals surface area contributed by atoms with Gasteiger partial charge in [0.25, 0.3) is 0 Å². The van der Waals surface area contributed by atoms with Crippen molar-refractivity contribution in [2.75, 3.05) is 53.6 Å². The summed E-state index contributed by atoms with van der Waals surface area (Å²) in [7, 11) is 3.23. The summed E-state index contributed by atoms with van der Waals surface area (Å²) in [5.41, 5.74) is 7.74. The van der Waals surface area contributed by atoms with Crippen molar-refractivity contribution in [3.05, 3.63) is 70.5 Å². The molecule has 4 aromatic rings. The van der Waals surface area contributed by atoms with Gasteiger partial charge in [0.15, 0.2) is 0 Å². The van der Waals surface area contributed by atoms with Crippen molar-refractivity contribution in [2.45, 2.75) is 45.3 Å². The second-order valence-corrected chi connectivity index (χ2v) is 14.8. The van der Waals surface area contributed by atoms with Crippen LogP contribution in [0.1, 0.15) is 42.6 Å². The highest BCUT2D eigenvalue weighted by Gasteiger charge is 2.52. The van der Waals surface area contributed by atoms with Crippen molar-refractivity contribution in [3.63, 3.8) is 0 Å². The number of carbonyl (C=O) groups excluding carboxylic acids is 2. The molecule has 0 bridgehead atoms. The van der Waals surface area contributed by atoms with Crippen LogP contribution >= 0.6 is 11.6 Å². The van der Waals surface area contributed by atoms with Crippen LogP contribution in [-0.4, -0.2) is 96.2 Å². The standard InChI is InChI=1S/C39H42ClN7O5/c1-22-25(7-5-8-26(22)29-13-33-35(38(44-29)51-4)32(17-52-33)41-14-24-11-12-34(49)43-24)27-9-6-10-28(36(27)40)30-15-42-31(37(45-30)50-3)16-46-18-39(19-46)20-47(21-39)23(2)48/h5-10,13,15,24,32,41H,11-12,14,16-21H2,1-4H3,(H,43,49)/t24-,32-/m0/s1. The molecule has 2 amide bonds. The van der Waals surface area contributed by atoms with E-state index < -0.39 is 0 Å². The summed E-state index contributed by atoms with van der Waals surface area (Å²) in [6.07, 6.45) is 3.14. The summed E-state index contributed by atoms with van der Waals surface area (Å²) in [6.45, 7) is 8.92. The van der Waals surface area contributed by atoms with Gasteiger partial charge >= 0.3 is 0 Å². The minimum Gasteiger partial charge on any atom is -0.491 e. The maximum absolute atomic E-state index is 11.7. The van der Waals surface area contributed by atoms with E-state index in [1.807, 2.05) is 41.3 Å². The topological polar surface area (TPSA) is 131 Å². The van der Waals surface area contributed by atoms with Crippen molar-refractivity contribution in [1.82, 2.24) is 35.4 Å². The van der Waals surface area contributed by atoms with Crippen LogP contribution in [0.25, 0.3) is 33.6 Å². The number of methoxy groups -OCH3 is 2. The molecule has 0 saturated carbocycles. The van der Waals surface area contributed by atoms with E-state index in [4.69, 9.17) is 40.8 Å². The molecule has 1 spiro atoms. The van der Waals surface area contributed by atoms with Crippen LogP contribution in [0.2, 0.25) is 5.02 Å². The molecule has 0 unspecified atom stereocenters. The number of rotatable bonds is 10. The molecule has 2 aromatic carbocycles. The van der Waals surface area contributed by atoms with Gasteiger partial charge in [-0.05, 0) is 24.5 Å². The zero-order valence-electron chi connectivity index (χ0n) is 29.8. The summed E-state index contributed by atoms with van der Waals surface area (Å²) in [5.74, 6) is 1.94. The minimum atomic E-state index is -0.0935. The Hall–Kier alpha value is -4.78. The number of halogens is 1. The molecule has 4 aliphatic rings. The number of carbonyl (C=O) groups is 2. The number of likely N-dealkylation sites (tertiary alicyclic amines) is 2. The molecule has 13 heteroatoms. The Kier molecular flexibility index (Phi) is 9.01. The second-order valence-electron chi connectivity index (χ2n) is 14.4. The first-order valence-corrected chi connectivity index (χ1v) is 18.0. The summed E-state index contributed by atoms with van der Waals surface area (Å²) in [4.78, 5) is 42.1. The summed E-state index contributed by atoms with van der Waals surface area (Å²) in [6, 6.07) is 14.0. The Labute approximate surface area is 307 Å². The largest absolute Gasteiger partial charge is 0.491 e. The lowest BCUT2D eigenvalue weighted by Crippen LogP contribution is -2.72. The SMILES string of the molecule is COc1nc(-c2cccc(-c3cccc(-c4cc5c(c(OC)n4)[C@@H](NC[C@@H]4CCC(=O)N4)CO5)c3C)c2Cl)cnc1CN1CC2(C1)CN(C(C)=O)C2. The second kappa shape index (κ2) is 13.6. The average Bonchev–Trinajstić information content (AvgIpc) is 3.73. The van der Waals surface area contributed by atoms with Crippen LogP contribution in [0, 0.1) is 12.3 Å². The number of pyridine rings is 1. The molecule has 2 aromatic heterocycles. The number of nitrogens with one attached hydrogen (secondary N) is 2. The van der Waals surface area contributed by atoms with Crippen molar-refractivity contribution in [3.8, 4) is 51.2 Å². The predicted octanol–water partition coefficient (Wildman–Crippen LogP) is 4.82. The molecule has 2 atom stereocenters. The predicted molar refractivity (Wildman–Crippen MR) is 196 cm³/mol. The van der Waals surface area contributed by atoms with Crippen LogP contribution in [0.3, 0.4) is 0 Å². The smallest absolute Gasteiger partial charge is 0.237 e. The van der Waals surface area contributed by atoms with Gasteiger partial charge in [-0.1, -0.05) is 48.0 Å². The Morgan fingerprint density at radius 1 is 1.02 bits per heavy atom. The molecule has 3 fully saturated rings. The highest BCUT2D eigenvalue weighted by atomic mass is 35.5. The normalized spacial score (nSPS) is 20.2. The number of nitrogens with zero attached hydrogens (tertiary/aromatic N) is 5. The molecule has 3 saturated heterocycles. The van der Waals surface area contributed by atoms with Crippen LogP contribution in [-0.2, 0) is 16.1 Å². The fourth-order valence-corrected chi connectivity index (χ4v) is 8.45. The summed E-state index contributed by atoms with van der Waals surface area (Å²) >= 11 is 7.18. The fraction of sp³-hybridized carbons (Fsp3) is 0.410. The molecule has 8 rings (SSSR count). The highest BCUT2D eigenvalue weighted by Crippen LogP contribution is 2.44. The van der Waals surface area contributed by atoms with Crippen molar-refractivity contribution in [2.24, 2.45) is 5.41 Å². The van der Waals surface area contributed by atoms with Gasteiger partial charge in [0.05, 0.1) is 48.4 Å². The molecule has 6 heterocycles. The average molecular weight is 724 g/mol. The van der Waals surface area contributed by atoms with E-state index in [0.717, 1.165) is 83.1 Å². The third-order valence-corrected chi connectivity index (χ3v) is 11.2. The van der Waals surface area contributed by atoms with Gasteiger partial charge < -0.3 is 29.7 Å². The molecular weight excluding hydrogens is 682 g/mol. The number of ether oxygens (including phenoxy) is 3. The lowest BCUT2D eigenvalue weighted by molar-refractivity contribution is -0.157. The van der Waals surface area contributed by atoms with Crippen LogP contribution in [0.5, 0.6) is 17.5 Å². The Morgan fingerprint density at radius 2 is 1.73 bits per heavy atom. The van der Waals surface area contributed by atoms with Gasteiger partial charge in [0, 0.05) is 86.8 Å². The number of amides is 2. The quantitative estimate of drug-likeness (QED) is 0.235. The fourth-order valence-electron chi connectivity index (χ4n) is 8.13. The summed E-state index contributed by atoms with van der Waals surface area (Å²) < 4.78 is 17.7. The van der Waals surface area contributed by atoms with Gasteiger partial charge in [-0.25, -0.2) is 9.97 Å². The lowest BCUT2D eigenvalue weighted by Gasteiger charge is -2.60. The molecule has 270 valence electrons. The van der Waals surface area contributed by atoms with E-state index in [0.29, 0.717) is 48.6 Å². The number of fused-ring (bicyclic) bond motifs is 1. The summed E-state index contributed by atoms with van der Waals surface area (Å²) in [5, 5.41) is 7.10. The molecule has 0 aliphatic carbocycles. The van der Waals surface area contributed by atoms with Crippen LogP contribution in [0.4, 0.5) is 0 Å². The first-order valence-electron chi connectivity index (χ1n) is 17.7. The van der Waals surface area contributed by atoms with E-state index in [9.17, 15) is 9.59 Å². The zero-order valence-corrected chi connectivity index (χ0v) is 30.5. The Balaban J connectivity index is 1.02. The first kappa shape index (κ1) is 34.3. The van der Waals surface area contributed by atoms with Gasteiger partial charge in [0.1, 0.15) is 18.1 Å². The first-order chi connectivity index (χ1) is 25.1. The third kappa shape index (κ3) is 6.22. The van der Waals surface area contributed by atoms with Crippen LogP contribution < -0.4 is 24.8 Å². The number of aromatic nitrogens is 3. The van der Waals surface area contributed by atoms with Gasteiger partial charge in [0.2, 0.25) is 23.6 Å². The van der Waals surface area contributed by atoms with Crippen molar-refractivity contribution in [1.29, 1.82) is 0 Å². The molecule has 2 N–H and O–H groups in total. The van der Waals surface area contributed by atoms with Gasteiger partial charge in [-0.2, -0.15) is 0 Å². The molecule has 0 radical (unpaired) electrons. The minimum absolute atomic E-state index is 0.0935. The highest BCUT2D eigenvalue weighted by molar-refractivity contribution is 6.36. The maximum Gasteiger partial charge on any atom is 0.237 e.